The third-order valence-electron chi connectivity index (χ3n) is 4.53. The highest BCUT2D eigenvalue weighted by molar-refractivity contribution is 5.48. The van der Waals surface area contributed by atoms with Crippen molar-refractivity contribution in [3.05, 3.63) is 11.9 Å². The molecule has 116 valence electrons. The highest BCUT2D eigenvalue weighted by Gasteiger charge is 2.28. The molecule has 3 rings (SSSR count). The molecule has 0 amide bonds. The number of aromatic nitrogens is 2. The molecule has 0 bridgehead atoms. The summed E-state index contributed by atoms with van der Waals surface area (Å²) in [5, 5.41) is 7.07. The van der Waals surface area contributed by atoms with Gasteiger partial charge in [0.05, 0.1) is 0 Å². The number of hydrogen-bond donors (Lipinski definition) is 2. The van der Waals surface area contributed by atoms with Crippen LogP contribution in [-0.4, -0.2) is 22.6 Å². The minimum atomic E-state index is 0.578. The zero-order chi connectivity index (χ0) is 14.7. The van der Waals surface area contributed by atoms with Gasteiger partial charge in [-0.25, -0.2) is 9.97 Å². The Labute approximate surface area is 128 Å². The highest BCUT2D eigenvalue weighted by atomic mass is 15.1. The van der Waals surface area contributed by atoms with Crippen molar-refractivity contribution in [2.75, 3.05) is 17.2 Å². The molecule has 4 nitrogen and oxygen atoms in total. The van der Waals surface area contributed by atoms with Gasteiger partial charge in [0.15, 0.2) is 0 Å². The van der Waals surface area contributed by atoms with Gasteiger partial charge in [-0.1, -0.05) is 26.7 Å². The third kappa shape index (κ3) is 4.08. The third-order valence-corrected chi connectivity index (χ3v) is 4.53. The standard InChI is InChI=1S/C17H28N4/c1-3-9-18-15-11-16(21-17(20-15)13-7-8-13)19-14-6-4-5-12(2)10-14/h11-14H,3-10H2,1-2H3,(H2,18,19,20,21). The van der Waals surface area contributed by atoms with Crippen molar-refractivity contribution in [2.45, 2.75) is 70.8 Å². The quantitative estimate of drug-likeness (QED) is 0.825. The van der Waals surface area contributed by atoms with Gasteiger partial charge in [0.2, 0.25) is 0 Å². The predicted molar refractivity (Wildman–Crippen MR) is 87.8 cm³/mol. The zero-order valence-electron chi connectivity index (χ0n) is 13.4. The molecule has 0 aliphatic heterocycles. The first kappa shape index (κ1) is 14.6. The molecular formula is C17H28N4. The lowest BCUT2D eigenvalue weighted by atomic mass is 9.87. The van der Waals surface area contributed by atoms with E-state index in [0.29, 0.717) is 12.0 Å². The van der Waals surface area contributed by atoms with Crippen LogP contribution in [0.25, 0.3) is 0 Å². The first-order chi connectivity index (χ1) is 10.2. The summed E-state index contributed by atoms with van der Waals surface area (Å²) in [5.41, 5.74) is 0. The second-order valence-corrected chi connectivity index (χ2v) is 6.81. The lowest BCUT2D eigenvalue weighted by Crippen LogP contribution is -2.27. The largest absolute Gasteiger partial charge is 0.370 e. The Morgan fingerprint density at radius 1 is 1.14 bits per heavy atom. The van der Waals surface area contributed by atoms with Crippen LogP contribution in [0.5, 0.6) is 0 Å². The predicted octanol–water partition coefficient (Wildman–Crippen LogP) is 4.17. The van der Waals surface area contributed by atoms with Crippen LogP contribution in [0.1, 0.15) is 70.5 Å². The Morgan fingerprint density at radius 2 is 1.95 bits per heavy atom. The van der Waals surface area contributed by atoms with Gasteiger partial charge in [-0.3, -0.25) is 0 Å². The SMILES string of the molecule is CCCNc1cc(NC2CCCC(C)C2)nc(C2CC2)n1. The summed E-state index contributed by atoms with van der Waals surface area (Å²) in [5.74, 6) is 4.46. The molecule has 2 unspecified atom stereocenters. The molecule has 1 heterocycles. The average molecular weight is 288 g/mol. The van der Waals surface area contributed by atoms with Crippen LogP contribution in [0.15, 0.2) is 6.07 Å². The Morgan fingerprint density at radius 3 is 2.67 bits per heavy atom. The van der Waals surface area contributed by atoms with Crippen molar-refractivity contribution in [2.24, 2.45) is 5.92 Å². The van der Waals surface area contributed by atoms with Crippen molar-refractivity contribution in [1.82, 2.24) is 9.97 Å². The van der Waals surface area contributed by atoms with Gasteiger partial charge in [-0.05, 0) is 38.0 Å². The van der Waals surface area contributed by atoms with E-state index in [1.165, 1.54) is 38.5 Å². The first-order valence-corrected chi connectivity index (χ1v) is 8.64. The minimum Gasteiger partial charge on any atom is -0.370 e. The summed E-state index contributed by atoms with van der Waals surface area (Å²) in [6, 6.07) is 2.66. The molecule has 1 aromatic heterocycles. The normalized spacial score (nSPS) is 25.6. The number of anilines is 2. The van der Waals surface area contributed by atoms with Crippen LogP contribution in [0.2, 0.25) is 0 Å². The van der Waals surface area contributed by atoms with Crippen LogP contribution in [-0.2, 0) is 0 Å². The van der Waals surface area contributed by atoms with E-state index in [9.17, 15) is 0 Å². The van der Waals surface area contributed by atoms with E-state index in [-0.39, 0.29) is 0 Å². The van der Waals surface area contributed by atoms with Gasteiger partial charge in [0.1, 0.15) is 17.5 Å². The average Bonchev–Trinajstić information content (AvgIpc) is 3.29. The summed E-state index contributed by atoms with van der Waals surface area (Å²) >= 11 is 0. The molecule has 21 heavy (non-hydrogen) atoms. The summed E-state index contributed by atoms with van der Waals surface area (Å²) in [7, 11) is 0. The Kier molecular flexibility index (Phi) is 4.61. The zero-order valence-corrected chi connectivity index (χ0v) is 13.4. The second-order valence-electron chi connectivity index (χ2n) is 6.81. The molecule has 2 fully saturated rings. The Hall–Kier alpha value is -1.32. The molecule has 2 atom stereocenters. The molecule has 0 spiro atoms. The summed E-state index contributed by atoms with van der Waals surface area (Å²) in [6.45, 7) is 5.51. The van der Waals surface area contributed by atoms with Crippen LogP contribution in [0, 0.1) is 5.92 Å². The van der Waals surface area contributed by atoms with Gasteiger partial charge in [0.25, 0.3) is 0 Å². The van der Waals surface area contributed by atoms with E-state index in [4.69, 9.17) is 4.98 Å². The highest BCUT2D eigenvalue weighted by Crippen LogP contribution is 2.39. The van der Waals surface area contributed by atoms with Gasteiger partial charge < -0.3 is 10.6 Å². The summed E-state index contributed by atoms with van der Waals surface area (Å²) in [4.78, 5) is 9.44. The van der Waals surface area contributed by atoms with E-state index < -0.39 is 0 Å². The molecule has 2 aliphatic rings. The summed E-state index contributed by atoms with van der Waals surface area (Å²) in [6.07, 6.45) is 8.85. The Balaban J connectivity index is 1.71. The van der Waals surface area contributed by atoms with Crippen LogP contribution in [0.4, 0.5) is 11.6 Å². The van der Waals surface area contributed by atoms with Crippen LogP contribution >= 0.6 is 0 Å². The van der Waals surface area contributed by atoms with Crippen LogP contribution in [0.3, 0.4) is 0 Å². The smallest absolute Gasteiger partial charge is 0.136 e. The monoisotopic (exact) mass is 288 g/mol. The second kappa shape index (κ2) is 6.63. The topological polar surface area (TPSA) is 49.8 Å². The molecule has 4 heteroatoms. The van der Waals surface area contributed by atoms with Gasteiger partial charge >= 0.3 is 0 Å². The van der Waals surface area contributed by atoms with Gasteiger partial charge in [0, 0.05) is 24.6 Å². The fourth-order valence-corrected chi connectivity index (χ4v) is 3.18. The van der Waals surface area contributed by atoms with E-state index in [1.807, 2.05) is 0 Å². The molecule has 0 saturated heterocycles. The minimum absolute atomic E-state index is 0.578. The van der Waals surface area contributed by atoms with Crippen LogP contribution < -0.4 is 10.6 Å². The maximum atomic E-state index is 4.76. The maximum Gasteiger partial charge on any atom is 0.136 e. The molecule has 1 aromatic rings. The molecule has 2 N–H and O–H groups in total. The first-order valence-electron chi connectivity index (χ1n) is 8.64. The van der Waals surface area contributed by atoms with Crippen molar-refractivity contribution in [3.63, 3.8) is 0 Å². The van der Waals surface area contributed by atoms with E-state index in [2.05, 4.69) is 35.5 Å². The Bertz CT molecular complexity index is 470. The number of nitrogens with one attached hydrogen (secondary N) is 2. The van der Waals surface area contributed by atoms with Crippen molar-refractivity contribution < 1.29 is 0 Å². The summed E-state index contributed by atoms with van der Waals surface area (Å²) < 4.78 is 0. The maximum absolute atomic E-state index is 4.76. The molecular weight excluding hydrogens is 260 g/mol. The number of hydrogen-bond acceptors (Lipinski definition) is 4. The molecule has 0 aromatic carbocycles. The van der Waals surface area contributed by atoms with E-state index in [1.54, 1.807) is 0 Å². The lowest BCUT2D eigenvalue weighted by Gasteiger charge is -2.28. The lowest BCUT2D eigenvalue weighted by molar-refractivity contribution is 0.358. The number of nitrogens with zero attached hydrogens (tertiary/aromatic N) is 2. The van der Waals surface area contributed by atoms with Crippen molar-refractivity contribution >= 4 is 11.6 Å². The number of rotatable bonds is 6. The van der Waals surface area contributed by atoms with Gasteiger partial charge in [-0.15, -0.1) is 0 Å². The molecule has 0 radical (unpaired) electrons. The fraction of sp³-hybridized carbons (Fsp3) is 0.765. The van der Waals surface area contributed by atoms with Gasteiger partial charge in [-0.2, -0.15) is 0 Å². The molecule has 2 aliphatic carbocycles. The fourth-order valence-electron chi connectivity index (χ4n) is 3.18. The molecule has 2 saturated carbocycles. The van der Waals surface area contributed by atoms with E-state index >= 15 is 0 Å². The van der Waals surface area contributed by atoms with Crippen molar-refractivity contribution in [1.29, 1.82) is 0 Å². The van der Waals surface area contributed by atoms with E-state index in [0.717, 1.165) is 36.3 Å². The van der Waals surface area contributed by atoms with Crippen molar-refractivity contribution in [3.8, 4) is 0 Å².